The van der Waals surface area contributed by atoms with Gasteiger partial charge < -0.3 is 10.1 Å². The number of benzene rings is 1. The van der Waals surface area contributed by atoms with Crippen LogP contribution in [0.4, 0.5) is 13.2 Å². The molecule has 2 heterocycles. The van der Waals surface area contributed by atoms with Gasteiger partial charge in [0.1, 0.15) is 0 Å². The third-order valence-electron chi connectivity index (χ3n) is 3.84. The van der Waals surface area contributed by atoms with Gasteiger partial charge in [-0.05, 0) is 48.9 Å². The Morgan fingerprint density at radius 1 is 1.14 bits per heavy atom. The summed E-state index contributed by atoms with van der Waals surface area (Å²) < 4.78 is 43.0. The molecule has 3 rings (SSSR count). The third-order valence-corrected chi connectivity index (χ3v) is 3.84. The van der Waals surface area contributed by atoms with Crippen molar-refractivity contribution in [3.8, 4) is 11.6 Å². The number of ether oxygens (including phenoxy) is 1. The Balaban J connectivity index is 1.59. The molecule has 3 aromatic rings. The predicted octanol–water partition coefficient (Wildman–Crippen LogP) is 3.45. The molecule has 1 N–H and O–H groups in total. The fraction of sp³-hybridized carbons (Fsp3) is 0.211. The van der Waals surface area contributed by atoms with E-state index in [0.29, 0.717) is 11.1 Å². The van der Waals surface area contributed by atoms with Crippen LogP contribution in [0.25, 0.3) is 5.69 Å². The minimum Gasteiger partial charge on any atom is -0.468 e. The van der Waals surface area contributed by atoms with Crippen molar-refractivity contribution in [3.05, 3.63) is 71.7 Å². The Morgan fingerprint density at radius 3 is 2.54 bits per heavy atom. The number of nitrogens with zero attached hydrogens (tertiary/aromatic N) is 3. The molecule has 0 spiro atoms. The average Bonchev–Trinajstić information content (AvgIpc) is 3.10. The fourth-order valence-corrected chi connectivity index (χ4v) is 2.47. The van der Waals surface area contributed by atoms with Crippen LogP contribution in [0, 0.1) is 6.92 Å². The molecular formula is C19H17F3N4O2. The highest BCUT2D eigenvalue weighted by Gasteiger charge is 2.28. The van der Waals surface area contributed by atoms with Crippen LogP contribution in [0.3, 0.4) is 0 Å². The minimum absolute atomic E-state index is 0.129. The van der Waals surface area contributed by atoms with Crippen molar-refractivity contribution in [2.75, 3.05) is 6.61 Å². The predicted molar refractivity (Wildman–Crippen MR) is 95.3 cm³/mol. The normalized spacial score (nSPS) is 11.3. The second-order valence-electron chi connectivity index (χ2n) is 6.02. The monoisotopic (exact) mass is 390 g/mol. The van der Waals surface area contributed by atoms with Crippen molar-refractivity contribution in [1.29, 1.82) is 0 Å². The molecule has 146 valence electrons. The van der Waals surface area contributed by atoms with Crippen LogP contribution in [-0.2, 0) is 6.54 Å². The molecule has 0 unspecified atom stereocenters. The van der Waals surface area contributed by atoms with Crippen LogP contribution < -0.4 is 10.1 Å². The van der Waals surface area contributed by atoms with Gasteiger partial charge in [-0.1, -0.05) is 0 Å². The fourth-order valence-electron chi connectivity index (χ4n) is 2.47. The van der Waals surface area contributed by atoms with Crippen LogP contribution in [0.15, 0.2) is 54.9 Å². The molecule has 0 saturated carbocycles. The topological polar surface area (TPSA) is 69.0 Å². The lowest BCUT2D eigenvalue weighted by atomic mass is 10.2. The van der Waals surface area contributed by atoms with Crippen molar-refractivity contribution in [2.24, 2.45) is 0 Å². The lowest BCUT2D eigenvalue weighted by Gasteiger charge is -2.10. The second-order valence-corrected chi connectivity index (χ2v) is 6.02. The first-order valence-corrected chi connectivity index (χ1v) is 8.35. The van der Waals surface area contributed by atoms with Gasteiger partial charge >= 0.3 is 6.18 Å². The zero-order valence-electron chi connectivity index (χ0n) is 14.9. The summed E-state index contributed by atoms with van der Waals surface area (Å²) in [6, 6.07) is 11.7. The highest BCUT2D eigenvalue weighted by atomic mass is 19.4. The van der Waals surface area contributed by atoms with Crippen molar-refractivity contribution >= 4 is 5.91 Å². The summed E-state index contributed by atoms with van der Waals surface area (Å²) in [7, 11) is 0. The standard InChI is InChI=1S/C19H17F3N4O2/c1-13-6-9-25-26(13)16-4-2-15(3-5-16)18(27)24-11-14-7-8-23-17(10-14)28-12-19(20,21)22/h2-10H,11-12H2,1H3,(H,24,27). The number of nitrogens with one attached hydrogen (secondary N) is 1. The average molecular weight is 390 g/mol. The number of rotatable bonds is 6. The van der Waals surface area contributed by atoms with Gasteiger partial charge in [-0.3, -0.25) is 4.79 Å². The largest absolute Gasteiger partial charge is 0.468 e. The molecule has 0 fully saturated rings. The molecule has 0 aliphatic carbocycles. The SMILES string of the molecule is Cc1ccnn1-c1ccc(C(=O)NCc2ccnc(OCC(F)(F)F)c2)cc1. The number of carbonyl (C=O) groups excluding carboxylic acids is 1. The van der Waals surface area contributed by atoms with Gasteiger partial charge in [0.15, 0.2) is 6.61 Å². The molecule has 1 amide bonds. The lowest BCUT2D eigenvalue weighted by Crippen LogP contribution is -2.23. The molecular weight excluding hydrogens is 373 g/mol. The van der Waals surface area contributed by atoms with E-state index in [9.17, 15) is 18.0 Å². The highest BCUT2D eigenvalue weighted by molar-refractivity contribution is 5.94. The molecule has 0 atom stereocenters. The first-order valence-electron chi connectivity index (χ1n) is 8.35. The number of hydrogen-bond donors (Lipinski definition) is 1. The quantitative estimate of drug-likeness (QED) is 0.700. The lowest BCUT2D eigenvalue weighted by molar-refractivity contribution is -0.154. The van der Waals surface area contributed by atoms with E-state index in [1.807, 2.05) is 13.0 Å². The molecule has 6 nitrogen and oxygen atoms in total. The molecule has 0 aliphatic rings. The first kappa shape index (κ1) is 19.4. The molecule has 9 heteroatoms. The summed E-state index contributed by atoms with van der Waals surface area (Å²) >= 11 is 0. The molecule has 0 bridgehead atoms. The van der Waals surface area contributed by atoms with Gasteiger partial charge in [0, 0.05) is 36.3 Å². The van der Waals surface area contributed by atoms with E-state index in [0.717, 1.165) is 11.4 Å². The summed E-state index contributed by atoms with van der Waals surface area (Å²) in [6.45, 7) is 0.636. The van der Waals surface area contributed by atoms with Gasteiger partial charge in [-0.25, -0.2) is 9.67 Å². The summed E-state index contributed by atoms with van der Waals surface area (Å²) in [4.78, 5) is 16.0. The Bertz CT molecular complexity index is 952. The maximum atomic E-state index is 12.3. The number of amides is 1. The number of alkyl halides is 3. The van der Waals surface area contributed by atoms with E-state index in [-0.39, 0.29) is 18.3 Å². The third kappa shape index (κ3) is 5.09. The summed E-state index contributed by atoms with van der Waals surface area (Å²) in [6.07, 6.45) is -1.42. The highest BCUT2D eigenvalue weighted by Crippen LogP contribution is 2.17. The number of hydrogen-bond acceptors (Lipinski definition) is 4. The van der Waals surface area contributed by atoms with E-state index in [1.165, 1.54) is 12.3 Å². The summed E-state index contributed by atoms with van der Waals surface area (Å²) in [5.41, 5.74) is 2.83. The zero-order valence-corrected chi connectivity index (χ0v) is 14.9. The van der Waals surface area contributed by atoms with Crippen molar-refractivity contribution in [2.45, 2.75) is 19.6 Å². The smallest absolute Gasteiger partial charge is 0.422 e. The van der Waals surface area contributed by atoms with Crippen molar-refractivity contribution in [3.63, 3.8) is 0 Å². The van der Waals surface area contributed by atoms with E-state index in [1.54, 1.807) is 41.2 Å². The summed E-state index contributed by atoms with van der Waals surface area (Å²) in [5, 5.41) is 6.92. The van der Waals surface area contributed by atoms with Crippen LogP contribution in [-0.4, -0.2) is 33.5 Å². The number of pyridine rings is 1. The van der Waals surface area contributed by atoms with Crippen LogP contribution >= 0.6 is 0 Å². The number of aromatic nitrogens is 3. The van der Waals surface area contributed by atoms with Crippen LogP contribution in [0.2, 0.25) is 0 Å². The molecule has 28 heavy (non-hydrogen) atoms. The van der Waals surface area contributed by atoms with Gasteiger partial charge in [-0.2, -0.15) is 18.3 Å². The Morgan fingerprint density at radius 2 is 1.89 bits per heavy atom. The minimum atomic E-state index is -4.44. The second kappa shape index (κ2) is 8.12. The Kier molecular flexibility index (Phi) is 5.62. The van der Waals surface area contributed by atoms with E-state index < -0.39 is 12.8 Å². The Hall–Kier alpha value is -3.36. The van der Waals surface area contributed by atoms with Crippen molar-refractivity contribution in [1.82, 2.24) is 20.1 Å². The Labute approximate surface area is 159 Å². The molecule has 2 aromatic heterocycles. The zero-order chi connectivity index (χ0) is 20.1. The van der Waals surface area contributed by atoms with E-state index >= 15 is 0 Å². The van der Waals surface area contributed by atoms with Crippen molar-refractivity contribution < 1.29 is 22.7 Å². The number of carbonyl (C=O) groups is 1. The molecule has 0 saturated heterocycles. The van der Waals surface area contributed by atoms with Gasteiger partial charge in [-0.15, -0.1) is 0 Å². The van der Waals surface area contributed by atoms with Crippen LogP contribution in [0.1, 0.15) is 21.6 Å². The van der Waals surface area contributed by atoms with E-state index in [4.69, 9.17) is 0 Å². The summed E-state index contributed by atoms with van der Waals surface area (Å²) in [5.74, 6) is -0.457. The maximum Gasteiger partial charge on any atom is 0.422 e. The van der Waals surface area contributed by atoms with Gasteiger partial charge in [0.2, 0.25) is 5.88 Å². The maximum absolute atomic E-state index is 12.3. The molecule has 0 aliphatic heterocycles. The van der Waals surface area contributed by atoms with E-state index in [2.05, 4.69) is 20.1 Å². The molecule has 0 radical (unpaired) electrons. The van der Waals surface area contributed by atoms with Gasteiger partial charge in [0.05, 0.1) is 5.69 Å². The number of aryl methyl sites for hydroxylation is 1. The molecule has 1 aromatic carbocycles. The van der Waals surface area contributed by atoms with Crippen LogP contribution in [0.5, 0.6) is 5.88 Å². The number of halogens is 3. The first-order chi connectivity index (χ1) is 13.3. The van der Waals surface area contributed by atoms with Gasteiger partial charge in [0.25, 0.3) is 5.91 Å².